The number of benzene rings is 2. The van der Waals surface area contributed by atoms with E-state index in [1.54, 1.807) is 4.70 Å². The third-order valence-corrected chi connectivity index (χ3v) is 9.49. The molecule has 0 fully saturated rings. The zero-order valence-corrected chi connectivity index (χ0v) is 29.5. The van der Waals surface area contributed by atoms with Crippen molar-refractivity contribution < 1.29 is 4.70 Å². The van der Waals surface area contributed by atoms with Crippen LogP contribution in [0.2, 0.25) is 0 Å². The van der Waals surface area contributed by atoms with Crippen molar-refractivity contribution in [3.8, 4) is 0 Å². The first kappa shape index (κ1) is 36.0. The summed E-state index contributed by atoms with van der Waals surface area (Å²) in [4.78, 5) is 0. The van der Waals surface area contributed by atoms with Gasteiger partial charge in [-0.3, -0.25) is 0 Å². The van der Waals surface area contributed by atoms with Crippen molar-refractivity contribution in [2.24, 2.45) is 0 Å². The van der Waals surface area contributed by atoms with Gasteiger partial charge in [0.2, 0.25) is 11.4 Å². The van der Waals surface area contributed by atoms with Crippen molar-refractivity contribution >= 4 is 11.4 Å². The summed E-state index contributed by atoms with van der Waals surface area (Å²) in [5, 5.41) is 0. The molecular formula is C42H64N2. The molecule has 242 valence electrons. The van der Waals surface area contributed by atoms with Crippen LogP contribution >= 0.6 is 0 Å². The van der Waals surface area contributed by atoms with Crippen LogP contribution in [0.5, 0.6) is 0 Å². The highest BCUT2D eigenvalue weighted by Crippen LogP contribution is 2.45. The van der Waals surface area contributed by atoms with Crippen LogP contribution in [0, 0.1) is 13.8 Å². The number of unbranched alkanes of at least 4 members (excludes halogenated alkanes) is 12. The second kappa shape index (κ2) is 19.8. The van der Waals surface area contributed by atoms with Gasteiger partial charge in [0.05, 0.1) is 0 Å². The van der Waals surface area contributed by atoms with Crippen LogP contribution < -0.4 is 0 Å². The normalized spacial score (nSPS) is 13.5. The Balaban J connectivity index is 2.10. The maximum Gasteiger partial charge on any atom is 0.211 e. The Bertz CT molecular complexity index is 1220. The Morgan fingerprint density at radius 2 is 0.886 bits per heavy atom. The van der Waals surface area contributed by atoms with Gasteiger partial charge >= 0.3 is 0 Å². The largest absolute Gasteiger partial charge is 0.493 e. The molecule has 0 amide bonds. The maximum atomic E-state index is 12.2. The Morgan fingerprint density at radius 1 is 0.455 bits per heavy atom. The second-order valence-electron chi connectivity index (χ2n) is 13.6. The maximum absolute atomic E-state index is 12.2. The topological polar surface area (TPSA) is 25.3 Å². The molecule has 0 bridgehead atoms. The fourth-order valence-corrected chi connectivity index (χ4v) is 7.09. The lowest BCUT2D eigenvalue weighted by atomic mass is 9.89. The van der Waals surface area contributed by atoms with E-state index in [0.29, 0.717) is 0 Å². The lowest BCUT2D eigenvalue weighted by Crippen LogP contribution is -2.05. The van der Waals surface area contributed by atoms with E-state index >= 15 is 0 Å². The van der Waals surface area contributed by atoms with Crippen LogP contribution in [0.25, 0.3) is 16.9 Å². The van der Waals surface area contributed by atoms with E-state index < -0.39 is 0 Å². The lowest BCUT2D eigenvalue weighted by molar-refractivity contribution is -0.345. The summed E-state index contributed by atoms with van der Waals surface area (Å²) in [7, 11) is 0. The van der Waals surface area contributed by atoms with E-state index in [0.717, 1.165) is 42.6 Å². The summed E-state index contributed by atoms with van der Waals surface area (Å²) >= 11 is 0. The van der Waals surface area contributed by atoms with Gasteiger partial charge in [0.15, 0.2) is 0 Å². The van der Waals surface area contributed by atoms with Gasteiger partial charge in [-0.25, -0.2) is 4.70 Å². The molecule has 44 heavy (non-hydrogen) atoms. The molecule has 0 saturated heterocycles. The summed E-state index contributed by atoms with van der Waals surface area (Å²) in [6.07, 6.45) is 24.6. The molecule has 1 heterocycles. The smallest absolute Gasteiger partial charge is 0.211 e. The molecule has 2 aromatic rings. The molecule has 0 N–H and O–H groups in total. The molecule has 2 aromatic carbocycles. The molecule has 1 aliphatic rings. The van der Waals surface area contributed by atoms with Crippen LogP contribution in [-0.2, 0) is 12.8 Å². The highest BCUT2D eigenvalue weighted by atomic mass is 15.2. The van der Waals surface area contributed by atoms with Crippen LogP contribution in [0.3, 0.4) is 0 Å². The average Bonchev–Trinajstić information content (AvgIpc) is 3.28. The van der Waals surface area contributed by atoms with Gasteiger partial charge in [-0.05, 0) is 101 Å². The zero-order chi connectivity index (χ0) is 31.7. The molecule has 0 aromatic heterocycles. The fourth-order valence-electron chi connectivity index (χ4n) is 7.09. The van der Waals surface area contributed by atoms with Crippen LogP contribution in [-0.4, -0.2) is 4.70 Å². The summed E-state index contributed by atoms with van der Waals surface area (Å²) in [6.45, 7) is 13.5. The first-order chi connectivity index (χ1) is 21.4. The Hall–Kier alpha value is -2.48. The number of hydrogen-bond acceptors (Lipinski definition) is 0. The van der Waals surface area contributed by atoms with Crippen molar-refractivity contribution in [1.29, 1.82) is 0 Å². The lowest BCUT2D eigenvalue weighted by Gasteiger charge is -2.14. The first-order valence-corrected chi connectivity index (χ1v) is 18.6. The molecule has 1 aliphatic heterocycles. The predicted molar refractivity (Wildman–Crippen MR) is 193 cm³/mol. The highest BCUT2D eigenvalue weighted by Gasteiger charge is 2.35. The molecule has 0 spiro atoms. The predicted octanol–water partition coefficient (Wildman–Crippen LogP) is 13.7. The number of nitrogens with zero attached hydrogens (tertiary/aromatic N) is 2. The average molecular weight is 597 g/mol. The minimum Gasteiger partial charge on any atom is -0.493 e. The minimum atomic E-state index is 1.03. The van der Waals surface area contributed by atoms with Gasteiger partial charge in [-0.2, -0.15) is 0 Å². The van der Waals surface area contributed by atoms with E-state index in [1.165, 1.54) is 142 Å². The molecule has 0 radical (unpaired) electrons. The molecule has 2 heteroatoms. The Morgan fingerprint density at radius 3 is 1.45 bits per heavy atom. The Labute approximate surface area is 271 Å². The number of aryl methyl sites for hydroxylation is 4. The molecule has 0 unspecified atom stereocenters. The fraction of sp³-hybridized carbons (Fsp3) is 0.619. The third-order valence-electron chi connectivity index (χ3n) is 9.49. The second-order valence-corrected chi connectivity index (χ2v) is 13.6. The van der Waals surface area contributed by atoms with E-state index in [9.17, 15) is 5.53 Å². The van der Waals surface area contributed by atoms with Gasteiger partial charge in [0.25, 0.3) is 0 Å². The van der Waals surface area contributed by atoms with Crippen molar-refractivity contribution in [2.45, 2.75) is 170 Å². The van der Waals surface area contributed by atoms with E-state index in [-0.39, 0.29) is 0 Å². The standard InChI is InChI=1S/C42H64N2/c1-7-11-15-17-18-22-26-39-40(25-21-16-12-8-2)42(38-30-33(5)29-34(6)31-38)44(43)41(39)37-28-27-35(23-19-13-9-3)36(32-37)24-20-14-10-4/h27-32H,7-26H2,1-6H3. The molecule has 0 saturated carbocycles. The van der Waals surface area contributed by atoms with E-state index in [2.05, 4.69) is 77.9 Å². The van der Waals surface area contributed by atoms with E-state index in [1.807, 2.05) is 0 Å². The van der Waals surface area contributed by atoms with Crippen LogP contribution in [0.4, 0.5) is 0 Å². The summed E-state index contributed by atoms with van der Waals surface area (Å²) in [5.74, 6) is 0. The van der Waals surface area contributed by atoms with E-state index in [4.69, 9.17) is 0 Å². The molecular weight excluding hydrogens is 532 g/mol. The number of rotatable bonds is 22. The quantitative estimate of drug-likeness (QED) is 0.0954. The Kier molecular flexibility index (Phi) is 16.2. The molecule has 0 atom stereocenters. The number of hydrogen-bond donors (Lipinski definition) is 0. The van der Waals surface area contributed by atoms with Crippen LogP contribution in [0.15, 0.2) is 47.5 Å². The van der Waals surface area contributed by atoms with Gasteiger partial charge < -0.3 is 5.53 Å². The van der Waals surface area contributed by atoms with Crippen molar-refractivity contribution in [2.75, 3.05) is 0 Å². The third kappa shape index (κ3) is 10.6. The minimum absolute atomic E-state index is 1.03. The zero-order valence-electron chi connectivity index (χ0n) is 29.5. The van der Waals surface area contributed by atoms with Crippen molar-refractivity contribution in [1.82, 2.24) is 0 Å². The number of allylic oxidation sites excluding steroid dienone is 2. The van der Waals surface area contributed by atoms with Gasteiger partial charge in [0, 0.05) is 22.3 Å². The summed E-state index contributed by atoms with van der Waals surface area (Å²) in [5.41, 5.74) is 25.0. The molecule has 3 rings (SSSR count). The summed E-state index contributed by atoms with van der Waals surface area (Å²) < 4.78 is 1.61. The monoisotopic (exact) mass is 597 g/mol. The summed E-state index contributed by atoms with van der Waals surface area (Å²) in [6, 6.07) is 14.0. The van der Waals surface area contributed by atoms with Crippen molar-refractivity contribution in [3.05, 3.63) is 86.5 Å². The molecule has 0 aliphatic carbocycles. The van der Waals surface area contributed by atoms with Crippen molar-refractivity contribution in [3.63, 3.8) is 0 Å². The van der Waals surface area contributed by atoms with Gasteiger partial charge in [-0.15, -0.1) is 0 Å². The van der Waals surface area contributed by atoms with Crippen LogP contribution in [0.1, 0.15) is 177 Å². The van der Waals surface area contributed by atoms with Gasteiger partial charge in [0.1, 0.15) is 0 Å². The molecule has 2 nitrogen and oxygen atoms in total. The highest BCUT2D eigenvalue weighted by molar-refractivity contribution is 5.82. The van der Waals surface area contributed by atoms with Gasteiger partial charge in [-0.1, -0.05) is 128 Å². The first-order valence-electron chi connectivity index (χ1n) is 18.6. The SMILES string of the molecule is CCCCCCCCC1=C(c2ccc(CCCCC)c(CCCCC)c2)[N+](=[N-])C(c2cc(C)cc(C)c2)=C1CCCCCC.